The molecule has 5 heteroatoms. The molecule has 0 N–H and O–H groups in total. The first-order chi connectivity index (χ1) is 7.52. The first-order valence-corrected chi connectivity index (χ1v) is 6.17. The van der Waals surface area contributed by atoms with Gasteiger partial charge in [0.2, 0.25) is 0 Å². The molecular weight excluding hydrogens is 228 g/mol. The lowest BCUT2D eigenvalue weighted by Gasteiger charge is -1.98. The highest BCUT2D eigenvalue weighted by molar-refractivity contribution is 7.94. The predicted octanol–water partition coefficient (Wildman–Crippen LogP) is 1.54. The highest BCUT2D eigenvalue weighted by Crippen LogP contribution is 2.10. The van der Waals surface area contributed by atoms with E-state index in [9.17, 15) is 13.2 Å². The van der Waals surface area contributed by atoms with Crippen molar-refractivity contribution in [3.63, 3.8) is 0 Å². The lowest BCUT2D eigenvalue weighted by molar-refractivity contribution is -0.139. The number of ether oxygens (including phenoxy) is 1. The molecule has 16 heavy (non-hydrogen) atoms. The van der Waals surface area contributed by atoms with Gasteiger partial charge in [-0.3, -0.25) is 4.79 Å². The van der Waals surface area contributed by atoms with Crippen LogP contribution in [0.15, 0.2) is 46.7 Å². The minimum atomic E-state index is -3.43. The maximum Gasteiger partial charge on any atom is 0.302 e. The second-order valence-electron chi connectivity index (χ2n) is 3.03. The van der Waals surface area contributed by atoms with Crippen LogP contribution in [-0.4, -0.2) is 21.0 Å². The Morgan fingerprint density at radius 1 is 1.31 bits per heavy atom. The Kier molecular flexibility index (Phi) is 4.25. The molecule has 0 unspecified atom stereocenters. The van der Waals surface area contributed by atoms with Crippen LogP contribution in [0.3, 0.4) is 0 Å². The minimum Gasteiger partial charge on any atom is -0.462 e. The van der Waals surface area contributed by atoms with Gasteiger partial charge in [-0.15, -0.1) is 0 Å². The summed E-state index contributed by atoms with van der Waals surface area (Å²) in [6.07, 6.45) is 1.30. The molecule has 0 aliphatic carbocycles. The second kappa shape index (κ2) is 5.46. The number of carbonyl (C=O) groups is 1. The highest BCUT2D eigenvalue weighted by Gasteiger charge is 2.08. The van der Waals surface area contributed by atoms with Crippen molar-refractivity contribution in [1.29, 1.82) is 0 Å². The summed E-state index contributed by atoms with van der Waals surface area (Å²) < 4.78 is 27.9. The van der Waals surface area contributed by atoms with Crippen molar-refractivity contribution in [1.82, 2.24) is 0 Å². The van der Waals surface area contributed by atoms with Gasteiger partial charge in [-0.25, -0.2) is 8.42 Å². The summed E-state index contributed by atoms with van der Waals surface area (Å²) in [6.45, 7) is 1.22. The fourth-order valence-corrected chi connectivity index (χ4v) is 2.05. The van der Waals surface area contributed by atoms with E-state index >= 15 is 0 Å². The lowest BCUT2D eigenvalue weighted by Crippen LogP contribution is -2.00. The molecule has 0 saturated heterocycles. The van der Waals surface area contributed by atoms with Crippen LogP contribution in [0.4, 0.5) is 0 Å². The average Bonchev–Trinajstić information content (AvgIpc) is 2.26. The second-order valence-corrected chi connectivity index (χ2v) is 4.87. The fraction of sp³-hybridized carbons (Fsp3) is 0.182. The van der Waals surface area contributed by atoms with Crippen molar-refractivity contribution < 1.29 is 17.9 Å². The number of benzene rings is 1. The van der Waals surface area contributed by atoms with Crippen molar-refractivity contribution in [2.45, 2.75) is 11.8 Å². The van der Waals surface area contributed by atoms with Gasteiger partial charge in [0.25, 0.3) is 0 Å². The number of hydrogen-bond acceptors (Lipinski definition) is 4. The Morgan fingerprint density at radius 2 is 1.94 bits per heavy atom. The maximum atomic E-state index is 11.6. The first kappa shape index (κ1) is 12.4. The molecule has 0 aliphatic rings. The third kappa shape index (κ3) is 3.86. The Labute approximate surface area is 94.5 Å². The molecule has 4 nitrogen and oxygen atoms in total. The van der Waals surface area contributed by atoms with Crippen LogP contribution < -0.4 is 0 Å². The van der Waals surface area contributed by atoms with Gasteiger partial charge >= 0.3 is 5.97 Å². The summed E-state index contributed by atoms with van der Waals surface area (Å²) in [7, 11) is -3.43. The molecule has 0 heterocycles. The Morgan fingerprint density at radius 3 is 2.50 bits per heavy atom. The van der Waals surface area contributed by atoms with Gasteiger partial charge in [0.05, 0.1) is 4.90 Å². The summed E-state index contributed by atoms with van der Waals surface area (Å²) in [5.41, 5.74) is 0. The Balaban J connectivity index is 2.70. The van der Waals surface area contributed by atoms with E-state index in [2.05, 4.69) is 4.74 Å². The zero-order valence-corrected chi connectivity index (χ0v) is 9.61. The van der Waals surface area contributed by atoms with Gasteiger partial charge in [0, 0.05) is 12.3 Å². The first-order valence-electron chi connectivity index (χ1n) is 4.62. The van der Waals surface area contributed by atoms with E-state index in [1.54, 1.807) is 18.2 Å². The molecular formula is C11H12O4S. The quantitative estimate of drug-likeness (QED) is 0.749. The molecule has 0 bridgehead atoms. The summed E-state index contributed by atoms with van der Waals surface area (Å²) in [6, 6.07) is 8.04. The van der Waals surface area contributed by atoms with Crippen molar-refractivity contribution >= 4 is 15.8 Å². The SMILES string of the molecule is CC(=O)OC/C=C\S(=O)(=O)c1ccccc1. The molecule has 1 aromatic rings. The van der Waals surface area contributed by atoms with Gasteiger partial charge in [-0.1, -0.05) is 18.2 Å². The van der Waals surface area contributed by atoms with Crippen LogP contribution in [0.25, 0.3) is 0 Å². The largest absolute Gasteiger partial charge is 0.462 e. The molecule has 0 atom stereocenters. The van der Waals surface area contributed by atoms with Crippen LogP contribution in [0.1, 0.15) is 6.92 Å². The predicted molar refractivity (Wildman–Crippen MR) is 59.4 cm³/mol. The number of esters is 1. The third-order valence-corrected chi connectivity index (χ3v) is 3.21. The van der Waals surface area contributed by atoms with Crippen LogP contribution in [0.5, 0.6) is 0 Å². The number of hydrogen-bond donors (Lipinski definition) is 0. The van der Waals surface area contributed by atoms with Crippen LogP contribution >= 0.6 is 0 Å². The summed E-state index contributed by atoms with van der Waals surface area (Å²) in [5, 5.41) is 1.03. The van der Waals surface area contributed by atoms with Crippen molar-refractivity contribution in [2.24, 2.45) is 0 Å². The maximum absolute atomic E-state index is 11.6. The van der Waals surface area contributed by atoms with Crippen LogP contribution in [0, 0.1) is 0 Å². The fourth-order valence-electron chi connectivity index (χ4n) is 1.02. The molecule has 0 amide bonds. The standard InChI is InChI=1S/C11H12O4S/c1-10(12)15-8-5-9-16(13,14)11-6-3-2-4-7-11/h2-7,9H,8H2,1H3/b9-5-. The monoisotopic (exact) mass is 240 g/mol. The number of carbonyl (C=O) groups excluding carboxylic acids is 1. The van der Waals surface area contributed by atoms with Crippen LogP contribution in [-0.2, 0) is 19.4 Å². The van der Waals surface area contributed by atoms with E-state index in [0.29, 0.717) is 0 Å². The average molecular weight is 240 g/mol. The van der Waals surface area contributed by atoms with Gasteiger partial charge in [0.1, 0.15) is 6.61 Å². The number of rotatable bonds is 4. The zero-order chi connectivity index (χ0) is 12.0. The smallest absolute Gasteiger partial charge is 0.302 e. The van der Waals surface area contributed by atoms with E-state index in [0.717, 1.165) is 5.41 Å². The normalized spacial score (nSPS) is 11.6. The highest BCUT2D eigenvalue weighted by atomic mass is 32.2. The van der Waals surface area contributed by atoms with Gasteiger partial charge in [-0.05, 0) is 18.2 Å². The summed E-state index contributed by atoms with van der Waals surface area (Å²) in [5.74, 6) is -0.443. The minimum absolute atomic E-state index is 0.0403. The van der Waals surface area contributed by atoms with E-state index in [1.165, 1.54) is 25.1 Å². The molecule has 1 aromatic carbocycles. The molecule has 86 valence electrons. The van der Waals surface area contributed by atoms with Crippen molar-refractivity contribution in [2.75, 3.05) is 6.61 Å². The van der Waals surface area contributed by atoms with Gasteiger partial charge in [-0.2, -0.15) is 0 Å². The Bertz CT molecular complexity index is 474. The van der Waals surface area contributed by atoms with Gasteiger partial charge in [0.15, 0.2) is 9.84 Å². The van der Waals surface area contributed by atoms with Crippen LogP contribution in [0.2, 0.25) is 0 Å². The zero-order valence-electron chi connectivity index (χ0n) is 8.79. The molecule has 0 fully saturated rings. The lowest BCUT2D eigenvalue weighted by atomic mass is 10.4. The van der Waals surface area contributed by atoms with E-state index in [-0.39, 0.29) is 11.5 Å². The molecule has 0 aliphatic heterocycles. The third-order valence-electron chi connectivity index (χ3n) is 1.73. The molecule has 0 saturated carbocycles. The molecule has 0 radical (unpaired) electrons. The van der Waals surface area contributed by atoms with Crippen molar-refractivity contribution in [3.05, 3.63) is 41.8 Å². The van der Waals surface area contributed by atoms with E-state index < -0.39 is 15.8 Å². The topological polar surface area (TPSA) is 60.4 Å². The Hall–Kier alpha value is -1.62. The van der Waals surface area contributed by atoms with E-state index in [4.69, 9.17) is 0 Å². The number of sulfone groups is 1. The molecule has 0 aromatic heterocycles. The molecule has 0 spiro atoms. The van der Waals surface area contributed by atoms with Gasteiger partial charge < -0.3 is 4.74 Å². The molecule has 1 rings (SSSR count). The summed E-state index contributed by atoms with van der Waals surface area (Å²) in [4.78, 5) is 10.6. The van der Waals surface area contributed by atoms with E-state index in [1.807, 2.05) is 0 Å². The van der Waals surface area contributed by atoms with Crippen molar-refractivity contribution in [3.8, 4) is 0 Å². The summed E-state index contributed by atoms with van der Waals surface area (Å²) >= 11 is 0.